The van der Waals surface area contributed by atoms with Crippen LogP contribution in [0.15, 0.2) is 17.6 Å². The average molecular weight is 356 g/mol. The molecule has 0 aliphatic carbocycles. The van der Waals surface area contributed by atoms with Gasteiger partial charge in [0, 0.05) is 18.3 Å². The van der Waals surface area contributed by atoms with Crippen molar-refractivity contribution in [3.05, 3.63) is 12.7 Å². The van der Waals surface area contributed by atoms with E-state index in [4.69, 9.17) is 10.5 Å². The van der Waals surface area contributed by atoms with Gasteiger partial charge in [-0.1, -0.05) is 12.7 Å². The summed E-state index contributed by atoms with van der Waals surface area (Å²) < 4.78 is 5.00. The topological polar surface area (TPSA) is 108 Å². The number of carbonyl (C=O) groups is 2. The molecule has 0 radical (unpaired) electrons. The van der Waals surface area contributed by atoms with Crippen molar-refractivity contribution in [2.75, 3.05) is 26.3 Å². The van der Waals surface area contributed by atoms with Crippen LogP contribution in [0.4, 0.5) is 4.79 Å². The number of guanidine groups is 1. The van der Waals surface area contributed by atoms with Gasteiger partial charge in [0.2, 0.25) is 0 Å². The Labute approximate surface area is 146 Å². The van der Waals surface area contributed by atoms with Gasteiger partial charge in [-0.15, -0.1) is 0 Å². The van der Waals surface area contributed by atoms with Gasteiger partial charge in [0.15, 0.2) is 5.96 Å². The Hall–Kier alpha value is -1.74. The monoisotopic (exact) mass is 356 g/mol. The number of ether oxygens (including phenoxy) is 1. The first kappa shape index (κ1) is 18.6. The highest BCUT2D eigenvalue weighted by Crippen LogP contribution is 2.24. The lowest BCUT2D eigenvalue weighted by Gasteiger charge is -2.25. The molecule has 1 unspecified atom stereocenters. The van der Waals surface area contributed by atoms with Crippen molar-refractivity contribution < 1.29 is 19.4 Å². The normalized spacial score (nSPS) is 27.4. The number of rotatable bonds is 4. The minimum Gasteiger partial charge on any atom is -0.445 e. The Bertz CT molecular complexity index is 528. The van der Waals surface area contributed by atoms with Gasteiger partial charge in [-0.05, 0) is 19.3 Å². The SMILES string of the molecule is C=CCOC(=O)N1C[C@@H](S)C[C@H]1C(=O)N=C(N)N1CCCC1CO. The molecule has 134 valence electrons. The third-order valence-electron chi connectivity index (χ3n) is 4.23. The Morgan fingerprint density at radius 1 is 1.46 bits per heavy atom. The van der Waals surface area contributed by atoms with Crippen molar-refractivity contribution in [3.8, 4) is 0 Å². The van der Waals surface area contributed by atoms with E-state index < -0.39 is 18.0 Å². The van der Waals surface area contributed by atoms with E-state index in [2.05, 4.69) is 24.2 Å². The van der Waals surface area contributed by atoms with Gasteiger partial charge in [0.25, 0.3) is 5.91 Å². The van der Waals surface area contributed by atoms with E-state index in [1.165, 1.54) is 11.0 Å². The standard InChI is InChI=1S/C15H24N4O4S/c1-2-6-23-15(22)19-8-11(24)7-12(19)13(21)17-14(16)18-5-3-4-10(18)9-20/h2,10-12,20,24H,1,3-9H2,(H2,16,17,21)/t10?,11-,12-/m0/s1. The molecule has 2 aliphatic rings. The fourth-order valence-corrected chi connectivity index (χ4v) is 3.42. The summed E-state index contributed by atoms with van der Waals surface area (Å²) in [5.74, 6) is -0.415. The maximum absolute atomic E-state index is 12.5. The summed E-state index contributed by atoms with van der Waals surface area (Å²) in [6.45, 7) is 4.49. The second kappa shape index (κ2) is 8.39. The largest absolute Gasteiger partial charge is 0.445 e. The van der Waals surface area contributed by atoms with Crippen molar-refractivity contribution in [2.24, 2.45) is 10.7 Å². The number of aliphatic hydroxyl groups excluding tert-OH is 1. The van der Waals surface area contributed by atoms with Gasteiger partial charge in [0.05, 0.1) is 12.6 Å². The molecule has 0 aromatic heterocycles. The number of nitrogens with two attached hydrogens (primary N) is 1. The average Bonchev–Trinajstić information content (AvgIpc) is 3.18. The molecule has 2 rings (SSSR count). The Morgan fingerprint density at radius 2 is 2.21 bits per heavy atom. The molecule has 2 heterocycles. The molecule has 8 nitrogen and oxygen atoms in total. The number of aliphatic imine (C=N–C) groups is 1. The number of nitrogens with zero attached hydrogens (tertiary/aromatic N) is 3. The minimum absolute atomic E-state index is 0.0352. The number of hydrogen-bond donors (Lipinski definition) is 3. The van der Waals surface area contributed by atoms with Crippen LogP contribution < -0.4 is 5.73 Å². The maximum Gasteiger partial charge on any atom is 0.410 e. The highest BCUT2D eigenvalue weighted by molar-refractivity contribution is 7.81. The molecule has 2 fully saturated rings. The molecule has 2 aliphatic heterocycles. The van der Waals surface area contributed by atoms with Crippen LogP contribution in [-0.4, -0.2) is 76.5 Å². The van der Waals surface area contributed by atoms with Crippen LogP contribution in [0.5, 0.6) is 0 Å². The Morgan fingerprint density at radius 3 is 2.88 bits per heavy atom. The lowest BCUT2D eigenvalue weighted by Crippen LogP contribution is -2.45. The van der Waals surface area contributed by atoms with E-state index in [1.54, 1.807) is 4.90 Å². The van der Waals surface area contributed by atoms with Crippen LogP contribution in [-0.2, 0) is 9.53 Å². The van der Waals surface area contributed by atoms with Gasteiger partial charge in [0.1, 0.15) is 12.6 Å². The lowest BCUT2D eigenvalue weighted by atomic mass is 10.2. The predicted molar refractivity (Wildman–Crippen MR) is 92.9 cm³/mol. The number of thiol groups is 1. The summed E-state index contributed by atoms with van der Waals surface area (Å²) in [7, 11) is 0. The van der Waals surface area contributed by atoms with E-state index in [0.717, 1.165) is 12.8 Å². The third-order valence-corrected chi connectivity index (χ3v) is 4.60. The second-order valence-electron chi connectivity index (χ2n) is 5.90. The van der Waals surface area contributed by atoms with Gasteiger partial charge < -0.3 is 20.5 Å². The Kier molecular flexibility index (Phi) is 6.50. The number of hydrogen-bond acceptors (Lipinski definition) is 5. The fraction of sp³-hybridized carbons (Fsp3) is 0.667. The quantitative estimate of drug-likeness (QED) is 0.283. The zero-order chi connectivity index (χ0) is 17.7. The van der Waals surface area contributed by atoms with Crippen molar-refractivity contribution in [1.29, 1.82) is 0 Å². The number of carbonyl (C=O) groups excluding carboxylic acids is 2. The summed E-state index contributed by atoms with van der Waals surface area (Å²) in [5.41, 5.74) is 5.93. The van der Waals surface area contributed by atoms with Crippen LogP contribution in [0, 0.1) is 0 Å². The molecule has 24 heavy (non-hydrogen) atoms. The first-order valence-corrected chi connectivity index (χ1v) is 8.47. The van der Waals surface area contributed by atoms with E-state index in [1.807, 2.05) is 0 Å². The van der Waals surface area contributed by atoms with E-state index in [-0.39, 0.29) is 30.5 Å². The van der Waals surface area contributed by atoms with Crippen LogP contribution in [0.25, 0.3) is 0 Å². The summed E-state index contributed by atoms with van der Waals surface area (Å²) in [4.78, 5) is 31.5. The molecule has 2 amide bonds. The smallest absolute Gasteiger partial charge is 0.410 e. The number of likely N-dealkylation sites (tertiary alicyclic amines) is 2. The molecule has 3 N–H and O–H groups in total. The fourth-order valence-electron chi connectivity index (χ4n) is 3.04. The van der Waals surface area contributed by atoms with E-state index in [0.29, 0.717) is 19.5 Å². The van der Waals surface area contributed by atoms with Crippen molar-refractivity contribution in [1.82, 2.24) is 9.80 Å². The second-order valence-corrected chi connectivity index (χ2v) is 6.63. The highest BCUT2D eigenvalue weighted by Gasteiger charge is 2.39. The van der Waals surface area contributed by atoms with Crippen molar-refractivity contribution >= 4 is 30.6 Å². The van der Waals surface area contributed by atoms with Crippen LogP contribution in [0.2, 0.25) is 0 Å². The summed E-state index contributed by atoms with van der Waals surface area (Å²) in [6.07, 6.45) is 2.96. The molecule has 0 spiro atoms. The molecular weight excluding hydrogens is 332 g/mol. The highest BCUT2D eigenvalue weighted by atomic mass is 32.1. The molecule has 0 bridgehead atoms. The summed E-state index contributed by atoms with van der Waals surface area (Å²) in [5, 5.41) is 9.22. The molecular formula is C15H24N4O4S. The molecule has 0 saturated carbocycles. The minimum atomic E-state index is -0.737. The summed E-state index contributed by atoms with van der Waals surface area (Å²) >= 11 is 4.35. The van der Waals surface area contributed by atoms with Crippen molar-refractivity contribution in [3.63, 3.8) is 0 Å². The zero-order valence-corrected chi connectivity index (χ0v) is 14.4. The summed E-state index contributed by atoms with van der Waals surface area (Å²) in [6, 6.07) is -0.852. The molecule has 9 heteroatoms. The van der Waals surface area contributed by atoms with Gasteiger partial charge in [-0.3, -0.25) is 9.69 Å². The first-order valence-electron chi connectivity index (χ1n) is 7.95. The van der Waals surface area contributed by atoms with Crippen LogP contribution in [0.3, 0.4) is 0 Å². The first-order chi connectivity index (χ1) is 11.5. The van der Waals surface area contributed by atoms with Crippen molar-refractivity contribution in [2.45, 2.75) is 36.6 Å². The van der Waals surface area contributed by atoms with E-state index in [9.17, 15) is 14.7 Å². The number of amides is 2. The lowest BCUT2D eigenvalue weighted by molar-refractivity contribution is -0.121. The van der Waals surface area contributed by atoms with Crippen LogP contribution >= 0.6 is 12.6 Å². The number of aliphatic hydroxyl groups is 1. The molecule has 3 atom stereocenters. The zero-order valence-electron chi connectivity index (χ0n) is 13.5. The van der Waals surface area contributed by atoms with Gasteiger partial charge in [-0.2, -0.15) is 17.6 Å². The molecule has 2 saturated heterocycles. The predicted octanol–water partition coefficient (Wildman–Crippen LogP) is -0.0203. The van der Waals surface area contributed by atoms with Gasteiger partial charge in [-0.25, -0.2) is 4.79 Å². The van der Waals surface area contributed by atoms with E-state index >= 15 is 0 Å². The Balaban J connectivity index is 2.07. The van der Waals surface area contributed by atoms with Gasteiger partial charge >= 0.3 is 6.09 Å². The van der Waals surface area contributed by atoms with Crippen LogP contribution in [0.1, 0.15) is 19.3 Å². The maximum atomic E-state index is 12.5. The molecule has 0 aromatic carbocycles. The third kappa shape index (κ3) is 4.21. The molecule has 0 aromatic rings.